The third-order valence-electron chi connectivity index (χ3n) is 1.83. The zero-order chi connectivity index (χ0) is 10.8. The fraction of sp³-hybridized carbons (Fsp3) is 0.833. The van der Waals surface area contributed by atoms with Gasteiger partial charge in [-0.2, -0.15) is 12.7 Å². The van der Waals surface area contributed by atoms with Crippen LogP contribution in [-0.4, -0.2) is 50.3 Å². The van der Waals surface area contributed by atoms with E-state index in [1.54, 1.807) is 0 Å². The zero-order valence-electron chi connectivity index (χ0n) is 7.54. The molecule has 0 aromatic rings. The van der Waals surface area contributed by atoms with Crippen molar-refractivity contribution in [3.8, 4) is 0 Å². The van der Waals surface area contributed by atoms with E-state index in [9.17, 15) is 13.2 Å². The van der Waals surface area contributed by atoms with Crippen molar-refractivity contribution in [3.05, 3.63) is 0 Å². The first kappa shape index (κ1) is 11.2. The van der Waals surface area contributed by atoms with Crippen LogP contribution in [0.25, 0.3) is 0 Å². The second kappa shape index (κ2) is 4.11. The summed E-state index contributed by atoms with van der Waals surface area (Å²) in [6.07, 6.45) is -1.23. The number of amides is 1. The highest BCUT2D eigenvalue weighted by atomic mass is 32.2. The largest absolute Gasteiger partial charge is 0.464 e. The van der Waals surface area contributed by atoms with Crippen LogP contribution >= 0.6 is 0 Å². The van der Waals surface area contributed by atoms with Gasteiger partial charge >= 0.3 is 16.4 Å². The third kappa shape index (κ3) is 2.14. The van der Waals surface area contributed by atoms with Crippen LogP contribution in [0.15, 0.2) is 0 Å². The number of nitrogens with zero attached hydrogens (tertiary/aromatic N) is 1. The average Bonchev–Trinajstić information content (AvgIpc) is 2.37. The van der Waals surface area contributed by atoms with Crippen LogP contribution in [0, 0.1) is 0 Å². The lowest BCUT2D eigenvalue weighted by molar-refractivity contribution is 0.143. The monoisotopic (exact) mass is 225 g/mol. The topological polar surface area (TPSA) is 93.1 Å². The van der Waals surface area contributed by atoms with Gasteiger partial charge in [-0.05, 0) is 6.42 Å². The maximum Gasteiger partial charge on any atom is 0.423 e. The van der Waals surface area contributed by atoms with Gasteiger partial charge in [-0.25, -0.2) is 4.79 Å². The minimum absolute atomic E-state index is 0.141. The highest BCUT2D eigenvalue weighted by molar-refractivity contribution is 7.85. The van der Waals surface area contributed by atoms with Crippen molar-refractivity contribution in [2.24, 2.45) is 0 Å². The number of ether oxygens (including phenoxy) is 1. The van der Waals surface area contributed by atoms with Crippen LogP contribution < -0.4 is 0 Å². The maximum absolute atomic E-state index is 11.1. The predicted octanol–water partition coefficient (Wildman–Crippen LogP) is -0.353. The Morgan fingerprint density at radius 1 is 1.71 bits per heavy atom. The molecule has 1 aliphatic heterocycles. The molecule has 1 amide bonds. The first-order valence-corrected chi connectivity index (χ1v) is 5.26. The van der Waals surface area contributed by atoms with Gasteiger partial charge in [-0.15, -0.1) is 0 Å². The van der Waals surface area contributed by atoms with Crippen LogP contribution in [0.2, 0.25) is 0 Å². The van der Waals surface area contributed by atoms with Crippen LogP contribution in [0.5, 0.6) is 0 Å². The summed E-state index contributed by atoms with van der Waals surface area (Å²) in [6, 6.07) is -0.683. The Morgan fingerprint density at radius 3 is 2.86 bits per heavy atom. The number of rotatable bonds is 3. The first-order valence-electron chi connectivity index (χ1n) is 3.89. The molecule has 0 saturated carbocycles. The van der Waals surface area contributed by atoms with E-state index >= 15 is 0 Å². The van der Waals surface area contributed by atoms with E-state index in [0.717, 1.165) is 0 Å². The smallest absolute Gasteiger partial charge is 0.423 e. The molecule has 1 rings (SSSR count). The van der Waals surface area contributed by atoms with Gasteiger partial charge in [-0.3, -0.25) is 4.18 Å². The standard InChI is InChI=1S/C6H11NO6S/c1-12-3-2-5-4-13-14(10,11)7(5)6(8)9/h5H,2-4H2,1H3,(H,8,9)/t5-/m0/s1. The van der Waals surface area contributed by atoms with Gasteiger partial charge in [0.25, 0.3) is 0 Å². The van der Waals surface area contributed by atoms with Gasteiger partial charge in [-0.1, -0.05) is 0 Å². The van der Waals surface area contributed by atoms with Crippen LogP contribution in [0.3, 0.4) is 0 Å². The molecule has 1 fully saturated rings. The van der Waals surface area contributed by atoms with Gasteiger partial charge in [0.2, 0.25) is 0 Å². The van der Waals surface area contributed by atoms with Crippen LogP contribution in [0.1, 0.15) is 6.42 Å². The summed E-state index contributed by atoms with van der Waals surface area (Å²) < 4.78 is 31.6. The van der Waals surface area contributed by atoms with Gasteiger partial charge in [0.05, 0.1) is 12.6 Å². The van der Waals surface area contributed by atoms with E-state index in [0.29, 0.717) is 10.7 Å². The molecule has 1 saturated heterocycles. The summed E-state index contributed by atoms with van der Waals surface area (Å²) in [5.41, 5.74) is 0. The Balaban J connectivity index is 2.74. The summed E-state index contributed by atoms with van der Waals surface area (Å²) in [4.78, 5) is 10.6. The average molecular weight is 225 g/mol. The summed E-state index contributed by atoms with van der Waals surface area (Å²) in [5.74, 6) is 0. The van der Waals surface area contributed by atoms with Crippen molar-refractivity contribution in [1.29, 1.82) is 0 Å². The van der Waals surface area contributed by atoms with Crippen molar-refractivity contribution >= 4 is 16.4 Å². The molecule has 7 nitrogen and oxygen atoms in total. The van der Waals surface area contributed by atoms with Crippen molar-refractivity contribution in [1.82, 2.24) is 4.31 Å². The number of methoxy groups -OCH3 is 1. The van der Waals surface area contributed by atoms with Crippen molar-refractivity contribution in [2.45, 2.75) is 12.5 Å². The van der Waals surface area contributed by atoms with Crippen molar-refractivity contribution in [3.63, 3.8) is 0 Å². The van der Waals surface area contributed by atoms with Crippen molar-refractivity contribution in [2.75, 3.05) is 20.3 Å². The normalized spacial score (nSPS) is 25.2. The lowest BCUT2D eigenvalue weighted by Gasteiger charge is -2.16. The molecular weight excluding hydrogens is 214 g/mol. The fourth-order valence-electron chi connectivity index (χ4n) is 1.18. The van der Waals surface area contributed by atoms with Crippen LogP contribution in [-0.2, 0) is 19.2 Å². The molecule has 0 radical (unpaired) electrons. The minimum Gasteiger partial charge on any atom is -0.464 e. The number of hydrogen-bond donors (Lipinski definition) is 1. The van der Waals surface area contributed by atoms with Crippen LogP contribution in [0.4, 0.5) is 4.79 Å². The fourth-order valence-corrected chi connectivity index (χ4v) is 2.34. The lowest BCUT2D eigenvalue weighted by Crippen LogP contribution is -2.38. The zero-order valence-corrected chi connectivity index (χ0v) is 8.36. The van der Waals surface area contributed by atoms with Gasteiger partial charge in [0, 0.05) is 13.7 Å². The molecule has 82 valence electrons. The molecule has 1 atom stereocenters. The molecule has 0 aliphatic carbocycles. The number of carbonyl (C=O) groups is 1. The number of carboxylic acid groups (broad SMARTS) is 1. The third-order valence-corrected chi connectivity index (χ3v) is 3.20. The Bertz CT molecular complexity index is 312. The molecule has 0 aromatic carbocycles. The van der Waals surface area contributed by atoms with Gasteiger partial charge in [0.1, 0.15) is 0 Å². The van der Waals surface area contributed by atoms with E-state index < -0.39 is 22.4 Å². The molecule has 0 spiro atoms. The lowest BCUT2D eigenvalue weighted by atomic mass is 10.2. The second-order valence-electron chi connectivity index (χ2n) is 2.76. The summed E-state index contributed by atoms with van der Waals surface area (Å²) in [6.45, 7) is 0.144. The molecule has 1 aliphatic rings. The minimum atomic E-state index is -4.09. The summed E-state index contributed by atoms with van der Waals surface area (Å²) in [7, 11) is -2.63. The molecule has 0 bridgehead atoms. The summed E-state index contributed by atoms with van der Waals surface area (Å²) in [5, 5.41) is 8.64. The molecule has 1 N–H and O–H groups in total. The molecule has 1 heterocycles. The quantitative estimate of drug-likeness (QED) is 0.705. The molecule has 8 heteroatoms. The highest BCUT2D eigenvalue weighted by Crippen LogP contribution is 2.20. The predicted molar refractivity (Wildman–Crippen MR) is 45.0 cm³/mol. The first-order chi connectivity index (χ1) is 6.49. The van der Waals surface area contributed by atoms with Crippen molar-refractivity contribution < 1.29 is 27.2 Å². The Hall–Kier alpha value is -0.860. The molecular formula is C6H11NO6S. The van der Waals surface area contributed by atoms with E-state index in [1.807, 2.05) is 0 Å². The Kier molecular flexibility index (Phi) is 3.29. The molecule has 0 unspecified atom stereocenters. The van der Waals surface area contributed by atoms with Gasteiger partial charge in [0.15, 0.2) is 0 Å². The van der Waals surface area contributed by atoms with E-state index in [4.69, 9.17) is 9.84 Å². The van der Waals surface area contributed by atoms with Gasteiger partial charge < -0.3 is 9.84 Å². The molecule has 0 aromatic heterocycles. The SMILES string of the molecule is COCC[C@H]1COS(=O)(=O)N1C(=O)O. The highest BCUT2D eigenvalue weighted by Gasteiger charge is 2.42. The Labute approximate surface area is 81.5 Å². The summed E-state index contributed by atoms with van der Waals surface area (Å²) >= 11 is 0. The van der Waals surface area contributed by atoms with E-state index in [2.05, 4.69) is 4.18 Å². The number of hydrogen-bond acceptors (Lipinski definition) is 5. The second-order valence-corrected chi connectivity index (χ2v) is 4.24. The Morgan fingerprint density at radius 2 is 2.36 bits per heavy atom. The molecule has 14 heavy (non-hydrogen) atoms. The van der Waals surface area contributed by atoms with E-state index in [1.165, 1.54) is 7.11 Å². The maximum atomic E-state index is 11.1. The van der Waals surface area contributed by atoms with E-state index in [-0.39, 0.29) is 13.2 Å².